The molecule has 1 aromatic heterocycles. The molecular weight excluding hydrogens is 342 g/mol. The van der Waals surface area contributed by atoms with Crippen LogP contribution in [0.2, 0.25) is 5.02 Å². The molecule has 0 aliphatic rings. The predicted octanol–water partition coefficient (Wildman–Crippen LogP) is 2.48. The maximum Gasteiger partial charge on any atom is 0.270 e. The van der Waals surface area contributed by atoms with Crippen LogP contribution >= 0.6 is 11.6 Å². The predicted molar refractivity (Wildman–Crippen MR) is 98.9 cm³/mol. The summed E-state index contributed by atoms with van der Waals surface area (Å²) in [5, 5.41) is 6.50. The van der Waals surface area contributed by atoms with E-state index in [0.29, 0.717) is 34.6 Å². The normalized spacial score (nSPS) is 10.6. The number of methoxy groups -OCH3 is 1. The number of aryl methyl sites for hydroxylation is 1. The van der Waals surface area contributed by atoms with Crippen molar-refractivity contribution in [1.29, 1.82) is 0 Å². The van der Waals surface area contributed by atoms with E-state index in [4.69, 9.17) is 16.3 Å². The van der Waals surface area contributed by atoms with Crippen LogP contribution in [0.15, 0.2) is 24.4 Å². The molecule has 2 N–H and O–H groups in total. The third-order valence-corrected chi connectivity index (χ3v) is 3.87. The molecular formula is C17H22ClN5O2. The fourth-order valence-electron chi connectivity index (χ4n) is 2.08. The standard InChI is InChI=1S/C17H22ClN5O2/c1-11-9-14(15(25-4)10-12(11)18)22-17-20-6-5-13(21-17)16(24)19-7-8-23(2)3/h5-6,9-10H,7-8H2,1-4H3,(H,19,24)(H,20,21,22). The Hall–Kier alpha value is -2.38. The van der Waals surface area contributed by atoms with Crippen molar-refractivity contribution >= 4 is 29.1 Å². The number of nitrogens with zero attached hydrogens (tertiary/aromatic N) is 3. The molecule has 2 rings (SSSR count). The third kappa shape index (κ3) is 5.30. The van der Waals surface area contributed by atoms with E-state index < -0.39 is 0 Å². The number of hydrogen-bond acceptors (Lipinski definition) is 6. The Kier molecular flexibility index (Phi) is 6.55. The number of benzene rings is 1. The number of nitrogens with one attached hydrogen (secondary N) is 2. The molecule has 134 valence electrons. The molecule has 8 heteroatoms. The van der Waals surface area contributed by atoms with Gasteiger partial charge in [0.05, 0.1) is 12.8 Å². The lowest BCUT2D eigenvalue weighted by Gasteiger charge is -2.13. The van der Waals surface area contributed by atoms with Crippen LogP contribution in [0.3, 0.4) is 0 Å². The number of carbonyl (C=O) groups is 1. The van der Waals surface area contributed by atoms with Gasteiger partial charge in [-0.05, 0) is 38.7 Å². The first-order chi connectivity index (χ1) is 11.9. The topological polar surface area (TPSA) is 79.4 Å². The van der Waals surface area contributed by atoms with Crippen molar-refractivity contribution in [1.82, 2.24) is 20.2 Å². The molecule has 0 unspecified atom stereocenters. The summed E-state index contributed by atoms with van der Waals surface area (Å²) in [4.78, 5) is 22.6. The van der Waals surface area contributed by atoms with E-state index in [1.54, 1.807) is 19.2 Å². The third-order valence-electron chi connectivity index (χ3n) is 3.46. The molecule has 0 spiro atoms. The number of halogens is 1. The molecule has 0 saturated carbocycles. The zero-order valence-corrected chi connectivity index (χ0v) is 15.5. The first-order valence-corrected chi connectivity index (χ1v) is 8.15. The molecule has 1 heterocycles. The molecule has 0 bridgehead atoms. The van der Waals surface area contributed by atoms with Gasteiger partial charge in [0.15, 0.2) is 0 Å². The molecule has 25 heavy (non-hydrogen) atoms. The number of carbonyl (C=O) groups excluding carboxylic acids is 1. The minimum absolute atomic E-state index is 0.244. The summed E-state index contributed by atoms with van der Waals surface area (Å²) in [6.07, 6.45) is 1.53. The van der Waals surface area contributed by atoms with Gasteiger partial charge in [-0.3, -0.25) is 4.79 Å². The van der Waals surface area contributed by atoms with Gasteiger partial charge < -0.3 is 20.3 Å². The van der Waals surface area contributed by atoms with Crippen molar-refractivity contribution < 1.29 is 9.53 Å². The molecule has 0 saturated heterocycles. The highest BCUT2D eigenvalue weighted by molar-refractivity contribution is 6.31. The summed E-state index contributed by atoms with van der Waals surface area (Å²) in [6, 6.07) is 5.13. The lowest BCUT2D eigenvalue weighted by Crippen LogP contribution is -2.31. The van der Waals surface area contributed by atoms with E-state index in [1.165, 1.54) is 6.20 Å². The van der Waals surface area contributed by atoms with Gasteiger partial charge in [-0.25, -0.2) is 9.97 Å². The molecule has 2 aromatic rings. The quantitative estimate of drug-likeness (QED) is 0.786. The second-order valence-electron chi connectivity index (χ2n) is 5.75. The highest BCUT2D eigenvalue weighted by Gasteiger charge is 2.11. The van der Waals surface area contributed by atoms with E-state index in [9.17, 15) is 4.79 Å². The fourth-order valence-corrected chi connectivity index (χ4v) is 2.23. The molecule has 0 atom stereocenters. The summed E-state index contributed by atoms with van der Waals surface area (Å²) < 4.78 is 5.32. The highest BCUT2D eigenvalue weighted by atomic mass is 35.5. The van der Waals surface area contributed by atoms with Crippen LogP contribution < -0.4 is 15.4 Å². The van der Waals surface area contributed by atoms with Crippen molar-refractivity contribution in [3.63, 3.8) is 0 Å². The van der Waals surface area contributed by atoms with Crippen LogP contribution in [0.4, 0.5) is 11.6 Å². The van der Waals surface area contributed by atoms with Gasteiger partial charge in [-0.1, -0.05) is 11.6 Å². The number of anilines is 2. The lowest BCUT2D eigenvalue weighted by molar-refractivity contribution is 0.0946. The van der Waals surface area contributed by atoms with Crippen molar-refractivity contribution in [2.24, 2.45) is 0 Å². The number of rotatable bonds is 7. The number of likely N-dealkylation sites (N-methyl/N-ethyl adjacent to an activating group) is 1. The van der Waals surface area contributed by atoms with Gasteiger partial charge >= 0.3 is 0 Å². The van der Waals surface area contributed by atoms with Crippen LogP contribution in [0, 0.1) is 6.92 Å². The minimum Gasteiger partial charge on any atom is -0.495 e. The van der Waals surface area contributed by atoms with Crippen LogP contribution in [0.1, 0.15) is 16.1 Å². The number of aromatic nitrogens is 2. The van der Waals surface area contributed by atoms with Crippen LogP contribution in [0.25, 0.3) is 0 Å². The number of ether oxygens (including phenoxy) is 1. The van der Waals surface area contributed by atoms with Crippen molar-refractivity contribution in [2.75, 3.05) is 39.6 Å². The lowest BCUT2D eigenvalue weighted by atomic mass is 10.2. The van der Waals surface area contributed by atoms with E-state index in [0.717, 1.165) is 12.1 Å². The minimum atomic E-state index is -0.244. The summed E-state index contributed by atoms with van der Waals surface area (Å²) in [5.41, 5.74) is 1.86. The molecule has 0 fully saturated rings. The van der Waals surface area contributed by atoms with E-state index >= 15 is 0 Å². The van der Waals surface area contributed by atoms with Crippen LogP contribution in [-0.4, -0.2) is 55.1 Å². The summed E-state index contributed by atoms with van der Waals surface area (Å²) >= 11 is 6.11. The van der Waals surface area contributed by atoms with Crippen LogP contribution in [0.5, 0.6) is 5.75 Å². The van der Waals surface area contributed by atoms with Gasteiger partial charge in [0.1, 0.15) is 11.4 Å². The molecule has 1 aromatic carbocycles. The number of amides is 1. The first-order valence-electron chi connectivity index (χ1n) is 7.78. The van der Waals surface area contributed by atoms with Crippen molar-refractivity contribution in [2.45, 2.75) is 6.92 Å². The average Bonchev–Trinajstić information content (AvgIpc) is 2.57. The molecule has 7 nitrogen and oxygen atoms in total. The Morgan fingerprint density at radius 2 is 2.12 bits per heavy atom. The highest BCUT2D eigenvalue weighted by Crippen LogP contribution is 2.32. The average molecular weight is 364 g/mol. The largest absolute Gasteiger partial charge is 0.495 e. The Labute approximate surface area is 152 Å². The smallest absolute Gasteiger partial charge is 0.270 e. The fraction of sp³-hybridized carbons (Fsp3) is 0.353. The molecule has 0 aliphatic carbocycles. The Bertz CT molecular complexity index is 752. The maximum atomic E-state index is 12.2. The number of hydrogen-bond donors (Lipinski definition) is 2. The second kappa shape index (κ2) is 8.64. The monoisotopic (exact) mass is 363 g/mol. The van der Waals surface area contributed by atoms with Crippen molar-refractivity contribution in [3.05, 3.63) is 40.7 Å². The summed E-state index contributed by atoms with van der Waals surface area (Å²) in [6.45, 7) is 3.19. The van der Waals surface area contributed by atoms with Gasteiger partial charge in [-0.2, -0.15) is 0 Å². The molecule has 1 amide bonds. The Morgan fingerprint density at radius 3 is 2.80 bits per heavy atom. The van der Waals surface area contributed by atoms with E-state index in [2.05, 4.69) is 20.6 Å². The van der Waals surface area contributed by atoms with Gasteiger partial charge in [0, 0.05) is 30.4 Å². The van der Waals surface area contributed by atoms with Crippen LogP contribution in [-0.2, 0) is 0 Å². The molecule has 0 aliphatic heterocycles. The Balaban J connectivity index is 2.14. The van der Waals surface area contributed by atoms with E-state index in [-0.39, 0.29) is 5.91 Å². The maximum absolute atomic E-state index is 12.2. The summed E-state index contributed by atoms with van der Waals surface area (Å²) in [5.74, 6) is 0.631. The zero-order chi connectivity index (χ0) is 18.4. The van der Waals surface area contributed by atoms with Gasteiger partial charge in [0.2, 0.25) is 5.95 Å². The van der Waals surface area contributed by atoms with Gasteiger partial charge in [-0.15, -0.1) is 0 Å². The second-order valence-corrected chi connectivity index (χ2v) is 6.16. The SMILES string of the molecule is COc1cc(Cl)c(C)cc1Nc1nccc(C(=O)NCCN(C)C)n1. The molecule has 0 radical (unpaired) electrons. The first kappa shape index (κ1) is 19.0. The summed E-state index contributed by atoms with van der Waals surface area (Å²) in [7, 11) is 5.45. The van der Waals surface area contributed by atoms with Gasteiger partial charge in [0.25, 0.3) is 5.91 Å². The van der Waals surface area contributed by atoms with Crippen molar-refractivity contribution in [3.8, 4) is 5.75 Å². The zero-order valence-electron chi connectivity index (χ0n) is 14.8. The Morgan fingerprint density at radius 1 is 1.36 bits per heavy atom. The van der Waals surface area contributed by atoms with E-state index in [1.807, 2.05) is 32.0 Å².